The molecule has 1 aliphatic heterocycles. The fourth-order valence-electron chi connectivity index (χ4n) is 2.56. The smallest absolute Gasteiger partial charge is 0.310 e. The number of benzene rings is 1. The first-order chi connectivity index (χ1) is 11.1. The number of amides is 1. The second kappa shape index (κ2) is 6.52. The third-order valence-corrected chi connectivity index (χ3v) is 5.98. The molecule has 0 radical (unpaired) electrons. The Balaban J connectivity index is 2.22. The van der Waals surface area contributed by atoms with E-state index < -0.39 is 21.4 Å². The number of carboxylic acid groups (broad SMARTS) is 1. The van der Waals surface area contributed by atoms with Crippen molar-refractivity contribution in [2.45, 2.75) is 38.5 Å². The highest BCUT2D eigenvalue weighted by atomic mass is 32.2. The maximum absolute atomic E-state index is 12.4. The lowest BCUT2D eigenvalue weighted by Crippen LogP contribution is -2.40. The van der Waals surface area contributed by atoms with E-state index in [0.29, 0.717) is 19.4 Å². The first kappa shape index (κ1) is 18.4. The standard InChI is InChI=1S/C16H22N2O5S/c1-4-16(3,15(20)21)10-17-24(22,23)13-5-6-14-12(9-13)7-8-18(14)11(2)19/h5-6,9,17H,4,7-8,10H2,1-3H3,(H,20,21)/t16-/m0/s1. The Morgan fingerprint density at radius 3 is 2.58 bits per heavy atom. The number of rotatable bonds is 6. The van der Waals surface area contributed by atoms with Crippen LogP contribution >= 0.6 is 0 Å². The number of carbonyl (C=O) groups excluding carboxylic acids is 1. The molecule has 0 saturated heterocycles. The molecule has 7 nitrogen and oxygen atoms in total. The van der Waals surface area contributed by atoms with Crippen molar-refractivity contribution in [2.75, 3.05) is 18.0 Å². The minimum atomic E-state index is -3.81. The number of carbonyl (C=O) groups is 2. The van der Waals surface area contributed by atoms with Crippen molar-refractivity contribution in [3.63, 3.8) is 0 Å². The monoisotopic (exact) mass is 354 g/mol. The highest BCUT2D eigenvalue weighted by molar-refractivity contribution is 7.89. The Morgan fingerprint density at radius 1 is 1.38 bits per heavy atom. The van der Waals surface area contributed by atoms with Crippen molar-refractivity contribution < 1.29 is 23.1 Å². The van der Waals surface area contributed by atoms with Gasteiger partial charge in [0.25, 0.3) is 0 Å². The number of carboxylic acids is 1. The van der Waals surface area contributed by atoms with Crippen molar-refractivity contribution >= 4 is 27.6 Å². The zero-order chi connectivity index (χ0) is 18.1. The van der Waals surface area contributed by atoms with Gasteiger partial charge in [0.05, 0.1) is 10.3 Å². The topological polar surface area (TPSA) is 104 Å². The van der Waals surface area contributed by atoms with E-state index in [1.807, 2.05) is 0 Å². The second-order valence-electron chi connectivity index (χ2n) is 6.26. The number of nitrogens with zero attached hydrogens (tertiary/aromatic N) is 1. The third kappa shape index (κ3) is 3.44. The zero-order valence-corrected chi connectivity index (χ0v) is 14.8. The summed E-state index contributed by atoms with van der Waals surface area (Å²) in [4.78, 5) is 24.5. The SMILES string of the molecule is CC[C@@](C)(CNS(=O)(=O)c1ccc2c(c1)CCN2C(C)=O)C(=O)O. The summed E-state index contributed by atoms with van der Waals surface area (Å²) in [5.41, 5.74) is 0.366. The molecule has 1 aromatic rings. The molecule has 1 aromatic carbocycles. The van der Waals surface area contributed by atoms with E-state index in [1.165, 1.54) is 19.9 Å². The van der Waals surface area contributed by atoms with Crippen molar-refractivity contribution in [1.29, 1.82) is 0 Å². The van der Waals surface area contributed by atoms with Gasteiger partial charge in [0.1, 0.15) is 0 Å². The Labute approximate surface area is 141 Å². The number of nitrogens with one attached hydrogen (secondary N) is 1. The van der Waals surface area contributed by atoms with Gasteiger partial charge in [0.15, 0.2) is 0 Å². The lowest BCUT2D eigenvalue weighted by atomic mass is 9.88. The van der Waals surface area contributed by atoms with Crippen LogP contribution in [-0.2, 0) is 26.0 Å². The van der Waals surface area contributed by atoms with Crippen molar-refractivity contribution in [3.8, 4) is 0 Å². The van der Waals surface area contributed by atoms with Gasteiger partial charge in [-0.2, -0.15) is 0 Å². The van der Waals surface area contributed by atoms with Crippen LogP contribution < -0.4 is 9.62 Å². The average Bonchev–Trinajstić information content (AvgIpc) is 2.95. The molecule has 24 heavy (non-hydrogen) atoms. The molecule has 8 heteroatoms. The second-order valence-corrected chi connectivity index (χ2v) is 8.02. The lowest BCUT2D eigenvalue weighted by molar-refractivity contribution is -0.147. The van der Waals surface area contributed by atoms with Gasteiger partial charge in [-0.1, -0.05) is 6.92 Å². The van der Waals surface area contributed by atoms with Crippen LogP contribution in [-0.4, -0.2) is 38.5 Å². The van der Waals surface area contributed by atoms with Crippen molar-refractivity contribution in [2.24, 2.45) is 5.41 Å². The Bertz CT molecular complexity index is 775. The van der Waals surface area contributed by atoms with E-state index in [4.69, 9.17) is 0 Å². The molecule has 2 N–H and O–H groups in total. The van der Waals surface area contributed by atoms with Crippen molar-refractivity contribution in [3.05, 3.63) is 23.8 Å². The van der Waals surface area contributed by atoms with E-state index in [9.17, 15) is 23.1 Å². The number of fused-ring (bicyclic) bond motifs is 1. The molecule has 0 bridgehead atoms. The third-order valence-electron chi connectivity index (χ3n) is 4.59. The quantitative estimate of drug-likeness (QED) is 0.803. The van der Waals surface area contributed by atoms with E-state index in [0.717, 1.165) is 11.3 Å². The van der Waals surface area contributed by atoms with Gasteiger partial charge in [0.2, 0.25) is 15.9 Å². The molecule has 0 aliphatic carbocycles. The van der Waals surface area contributed by atoms with Crippen LogP contribution in [0.4, 0.5) is 5.69 Å². The molecule has 0 spiro atoms. The molecular formula is C16H22N2O5S. The zero-order valence-electron chi connectivity index (χ0n) is 14.0. The minimum Gasteiger partial charge on any atom is -0.481 e. The molecule has 1 atom stereocenters. The predicted molar refractivity (Wildman–Crippen MR) is 89.4 cm³/mol. The Hall–Kier alpha value is -1.93. The highest BCUT2D eigenvalue weighted by Gasteiger charge is 2.33. The Morgan fingerprint density at radius 2 is 2.04 bits per heavy atom. The minimum absolute atomic E-state index is 0.0792. The number of hydrogen-bond acceptors (Lipinski definition) is 4. The van der Waals surface area contributed by atoms with E-state index in [1.54, 1.807) is 24.0 Å². The summed E-state index contributed by atoms with van der Waals surface area (Å²) in [6.45, 7) is 5.03. The molecule has 0 fully saturated rings. The van der Waals surface area contributed by atoms with Crippen LogP contribution in [0.3, 0.4) is 0 Å². The predicted octanol–water partition coefficient (Wildman–Crippen LogP) is 1.37. The molecule has 1 amide bonds. The molecular weight excluding hydrogens is 332 g/mol. The average molecular weight is 354 g/mol. The van der Waals surface area contributed by atoms with Crippen LogP contribution in [0.15, 0.2) is 23.1 Å². The highest BCUT2D eigenvalue weighted by Crippen LogP contribution is 2.30. The summed E-state index contributed by atoms with van der Waals surface area (Å²) in [5.74, 6) is -1.12. The van der Waals surface area contributed by atoms with E-state index in [-0.39, 0.29) is 17.3 Å². The normalized spacial score (nSPS) is 16.5. The fraction of sp³-hybridized carbons (Fsp3) is 0.500. The molecule has 132 valence electrons. The van der Waals surface area contributed by atoms with Crippen LogP contribution in [0.25, 0.3) is 0 Å². The van der Waals surface area contributed by atoms with Crippen LogP contribution in [0.1, 0.15) is 32.8 Å². The largest absolute Gasteiger partial charge is 0.481 e. The molecule has 0 saturated carbocycles. The number of hydrogen-bond donors (Lipinski definition) is 2. The van der Waals surface area contributed by atoms with Crippen LogP contribution in [0.2, 0.25) is 0 Å². The van der Waals surface area contributed by atoms with Gasteiger partial charge in [-0.25, -0.2) is 13.1 Å². The van der Waals surface area contributed by atoms with Gasteiger partial charge in [-0.15, -0.1) is 0 Å². The number of aliphatic carboxylic acids is 1. The first-order valence-corrected chi connectivity index (χ1v) is 9.23. The summed E-state index contributed by atoms with van der Waals surface area (Å²) < 4.78 is 27.3. The number of anilines is 1. The lowest BCUT2D eigenvalue weighted by Gasteiger charge is -2.23. The van der Waals surface area contributed by atoms with Gasteiger partial charge >= 0.3 is 5.97 Å². The van der Waals surface area contributed by atoms with Gasteiger partial charge < -0.3 is 10.0 Å². The molecule has 2 rings (SSSR count). The van der Waals surface area contributed by atoms with Gasteiger partial charge in [-0.3, -0.25) is 9.59 Å². The van der Waals surface area contributed by atoms with E-state index >= 15 is 0 Å². The maximum Gasteiger partial charge on any atom is 0.310 e. The summed E-state index contributed by atoms with van der Waals surface area (Å²) in [5, 5.41) is 9.24. The summed E-state index contributed by atoms with van der Waals surface area (Å²) >= 11 is 0. The number of sulfonamides is 1. The van der Waals surface area contributed by atoms with Gasteiger partial charge in [0, 0.05) is 25.7 Å². The first-order valence-electron chi connectivity index (χ1n) is 7.75. The maximum atomic E-state index is 12.4. The summed E-state index contributed by atoms with van der Waals surface area (Å²) in [6, 6.07) is 4.60. The fourth-order valence-corrected chi connectivity index (χ4v) is 3.78. The van der Waals surface area contributed by atoms with Crippen molar-refractivity contribution in [1.82, 2.24) is 4.72 Å². The summed E-state index contributed by atoms with van der Waals surface area (Å²) in [7, 11) is -3.81. The molecule has 1 aliphatic rings. The Kier molecular flexibility index (Phi) is 5.00. The van der Waals surface area contributed by atoms with Crippen LogP contribution in [0.5, 0.6) is 0 Å². The summed E-state index contributed by atoms with van der Waals surface area (Å²) in [6.07, 6.45) is 0.905. The van der Waals surface area contributed by atoms with Gasteiger partial charge in [-0.05, 0) is 43.5 Å². The molecule has 1 heterocycles. The van der Waals surface area contributed by atoms with Crippen LogP contribution in [0, 0.1) is 5.41 Å². The molecule has 0 unspecified atom stereocenters. The molecule has 0 aromatic heterocycles. The van der Waals surface area contributed by atoms with E-state index in [2.05, 4.69) is 4.72 Å².